The normalized spacial score (nSPS) is 54.9. The lowest BCUT2D eigenvalue weighted by molar-refractivity contribution is -0.161. The number of fused-ring (bicyclic) bond motifs is 4. The highest BCUT2D eigenvalue weighted by Gasteiger charge is 2.77. The molecule has 1 heterocycles. The molecular formula is C31H50O3. The SMILES string of the molecule is CC(C)[C@H](C)[C@@H]1OC(C)(C)O[C@H]1[C@@H](C)[C@H]1CC[C@H]2[C@@H]3CC(=O)[C@]45C[C@@H]4CC[C@]5(C)[C@H]3CC[C@]12C. The second kappa shape index (κ2) is 7.33. The van der Waals surface area contributed by atoms with Crippen molar-refractivity contribution in [3.63, 3.8) is 0 Å². The Morgan fingerprint density at radius 1 is 0.853 bits per heavy atom. The van der Waals surface area contributed by atoms with Crippen molar-refractivity contribution in [2.45, 2.75) is 125 Å². The molecule has 0 amide bonds. The molecule has 0 radical (unpaired) electrons. The van der Waals surface area contributed by atoms with E-state index in [1.54, 1.807) is 0 Å². The number of Topliss-reactive ketones (excluding diaryl/α,β-unsaturated/α-hetero) is 1. The zero-order valence-electron chi connectivity index (χ0n) is 23.2. The second-order valence-electron chi connectivity index (χ2n) is 15.1. The van der Waals surface area contributed by atoms with Gasteiger partial charge < -0.3 is 9.47 Å². The summed E-state index contributed by atoms with van der Waals surface area (Å²) in [5.41, 5.74) is 0.742. The fraction of sp³-hybridized carbons (Fsp3) is 0.968. The maximum Gasteiger partial charge on any atom is 0.163 e. The highest BCUT2D eigenvalue weighted by Crippen LogP contribution is 2.80. The molecule has 0 unspecified atom stereocenters. The summed E-state index contributed by atoms with van der Waals surface area (Å²) in [7, 11) is 0. The number of hydrogen-bond acceptors (Lipinski definition) is 3. The molecule has 6 fully saturated rings. The Kier molecular flexibility index (Phi) is 5.17. The lowest BCUT2D eigenvalue weighted by atomic mass is 9.45. The Bertz CT molecular complexity index is 863. The van der Waals surface area contributed by atoms with Gasteiger partial charge in [0, 0.05) is 11.8 Å². The van der Waals surface area contributed by atoms with Gasteiger partial charge in [0.15, 0.2) is 5.79 Å². The fourth-order valence-electron chi connectivity index (χ4n) is 11.2. The third-order valence-electron chi connectivity index (χ3n) is 13.3. The lowest BCUT2D eigenvalue weighted by Crippen LogP contribution is -2.55. The molecule has 1 saturated heterocycles. The third kappa shape index (κ3) is 2.92. The molecule has 0 aromatic carbocycles. The summed E-state index contributed by atoms with van der Waals surface area (Å²) in [6.07, 6.45) is 10.4. The van der Waals surface area contributed by atoms with Crippen LogP contribution in [0, 0.1) is 63.6 Å². The van der Waals surface area contributed by atoms with Crippen molar-refractivity contribution in [3.8, 4) is 0 Å². The maximum absolute atomic E-state index is 13.6. The first-order chi connectivity index (χ1) is 15.9. The van der Waals surface area contributed by atoms with E-state index in [1.165, 1.54) is 44.9 Å². The average molecular weight is 471 g/mol. The number of rotatable bonds is 4. The average Bonchev–Trinajstić information content (AvgIpc) is 3.10. The molecule has 192 valence electrons. The summed E-state index contributed by atoms with van der Waals surface area (Å²) in [5.74, 6) is 5.24. The van der Waals surface area contributed by atoms with Gasteiger partial charge in [-0.05, 0) is 117 Å². The van der Waals surface area contributed by atoms with Crippen molar-refractivity contribution in [2.24, 2.45) is 63.6 Å². The summed E-state index contributed by atoms with van der Waals surface area (Å²) < 4.78 is 13.2. The molecular weight excluding hydrogens is 420 g/mol. The van der Waals surface area contributed by atoms with Gasteiger partial charge in [0.2, 0.25) is 0 Å². The van der Waals surface area contributed by atoms with Crippen LogP contribution < -0.4 is 0 Å². The third-order valence-corrected chi connectivity index (χ3v) is 13.3. The van der Waals surface area contributed by atoms with Crippen LogP contribution in [0.3, 0.4) is 0 Å². The smallest absolute Gasteiger partial charge is 0.163 e. The molecule has 12 atom stereocenters. The Balaban J connectivity index is 1.26. The van der Waals surface area contributed by atoms with E-state index in [9.17, 15) is 4.79 Å². The summed E-state index contributed by atoms with van der Waals surface area (Å²) >= 11 is 0. The molecule has 0 N–H and O–H groups in total. The zero-order chi connectivity index (χ0) is 24.4. The van der Waals surface area contributed by atoms with Crippen LogP contribution in [0.1, 0.15) is 107 Å². The molecule has 1 spiro atoms. The number of ketones is 1. The molecule has 6 rings (SSSR count). The molecule has 1 aliphatic heterocycles. The number of hydrogen-bond donors (Lipinski definition) is 0. The van der Waals surface area contributed by atoms with E-state index in [0.29, 0.717) is 52.1 Å². The van der Waals surface area contributed by atoms with E-state index < -0.39 is 5.79 Å². The van der Waals surface area contributed by atoms with Crippen LogP contribution >= 0.6 is 0 Å². The number of carbonyl (C=O) groups excluding carboxylic acids is 1. The first-order valence-electron chi connectivity index (χ1n) is 14.7. The van der Waals surface area contributed by atoms with Crippen LogP contribution in [0.25, 0.3) is 0 Å². The first kappa shape index (κ1) is 24.0. The van der Waals surface area contributed by atoms with Crippen molar-refractivity contribution in [2.75, 3.05) is 0 Å². The highest BCUT2D eigenvalue weighted by atomic mass is 16.8. The van der Waals surface area contributed by atoms with Crippen molar-refractivity contribution in [1.29, 1.82) is 0 Å². The molecule has 6 aliphatic rings. The maximum atomic E-state index is 13.6. The van der Waals surface area contributed by atoms with Gasteiger partial charge in [0.05, 0.1) is 12.2 Å². The monoisotopic (exact) mass is 470 g/mol. The van der Waals surface area contributed by atoms with E-state index >= 15 is 0 Å². The molecule has 5 aliphatic carbocycles. The second-order valence-corrected chi connectivity index (χ2v) is 15.1. The van der Waals surface area contributed by atoms with Crippen LogP contribution in [0.5, 0.6) is 0 Å². The quantitative estimate of drug-likeness (QED) is 0.433. The van der Waals surface area contributed by atoms with Crippen LogP contribution in [0.15, 0.2) is 0 Å². The predicted molar refractivity (Wildman–Crippen MR) is 135 cm³/mol. The van der Waals surface area contributed by atoms with Crippen LogP contribution in [-0.2, 0) is 14.3 Å². The van der Waals surface area contributed by atoms with E-state index in [0.717, 1.165) is 18.3 Å². The van der Waals surface area contributed by atoms with Crippen molar-refractivity contribution >= 4 is 5.78 Å². The van der Waals surface area contributed by atoms with E-state index in [4.69, 9.17) is 9.47 Å². The fourth-order valence-corrected chi connectivity index (χ4v) is 11.2. The largest absolute Gasteiger partial charge is 0.344 e. The Morgan fingerprint density at radius 3 is 2.24 bits per heavy atom. The topological polar surface area (TPSA) is 35.5 Å². The van der Waals surface area contributed by atoms with Crippen molar-refractivity contribution in [3.05, 3.63) is 0 Å². The summed E-state index contributed by atoms with van der Waals surface area (Å²) in [4.78, 5) is 13.6. The molecule has 0 bridgehead atoms. The zero-order valence-corrected chi connectivity index (χ0v) is 23.2. The number of carbonyl (C=O) groups is 1. The van der Waals surface area contributed by atoms with Gasteiger partial charge in [-0.15, -0.1) is 0 Å². The molecule has 3 nitrogen and oxygen atoms in total. The molecule has 5 saturated carbocycles. The Labute approximate surface area is 208 Å². The minimum absolute atomic E-state index is 0.105. The van der Waals surface area contributed by atoms with Crippen LogP contribution in [-0.4, -0.2) is 23.8 Å². The highest BCUT2D eigenvalue weighted by molar-refractivity contribution is 5.91. The molecule has 3 heteroatoms. The molecule has 0 aromatic rings. The van der Waals surface area contributed by atoms with Gasteiger partial charge >= 0.3 is 0 Å². The summed E-state index contributed by atoms with van der Waals surface area (Å²) in [6.45, 7) is 18.8. The van der Waals surface area contributed by atoms with Crippen molar-refractivity contribution < 1.29 is 14.3 Å². The minimum atomic E-state index is -0.495. The van der Waals surface area contributed by atoms with Crippen molar-refractivity contribution in [1.82, 2.24) is 0 Å². The van der Waals surface area contributed by atoms with Gasteiger partial charge in [-0.25, -0.2) is 0 Å². The standard InChI is InChI=1S/C31H50O3/c1-17(2)18(3)26-27(34-28(5,6)33-26)19(4)22-9-10-23-21-15-25(32)31-16-20(31)11-14-30(31,8)24(21)12-13-29(22,23)7/h17-24,26-27H,9-16H2,1-8H3/t18-,19-,20-,21-,22+,23-,24-,26-,27-,29+,30+,31-/m0/s1. The van der Waals surface area contributed by atoms with Gasteiger partial charge in [-0.1, -0.05) is 41.5 Å². The number of ether oxygens (including phenoxy) is 2. The summed E-state index contributed by atoms with van der Waals surface area (Å²) in [6, 6.07) is 0. The van der Waals surface area contributed by atoms with E-state index in [-0.39, 0.29) is 17.6 Å². The van der Waals surface area contributed by atoms with Gasteiger partial charge in [-0.3, -0.25) is 4.79 Å². The summed E-state index contributed by atoms with van der Waals surface area (Å²) in [5, 5.41) is 0. The van der Waals surface area contributed by atoms with Crippen LogP contribution in [0.2, 0.25) is 0 Å². The van der Waals surface area contributed by atoms with Gasteiger partial charge in [0.1, 0.15) is 5.78 Å². The van der Waals surface area contributed by atoms with E-state index in [1.807, 2.05) is 0 Å². The Hall–Kier alpha value is -0.410. The van der Waals surface area contributed by atoms with Gasteiger partial charge in [0.25, 0.3) is 0 Å². The minimum Gasteiger partial charge on any atom is -0.344 e. The van der Waals surface area contributed by atoms with E-state index in [2.05, 4.69) is 55.4 Å². The molecule has 0 aromatic heterocycles. The first-order valence-corrected chi connectivity index (χ1v) is 14.7. The van der Waals surface area contributed by atoms with Gasteiger partial charge in [-0.2, -0.15) is 0 Å². The molecule has 34 heavy (non-hydrogen) atoms. The van der Waals surface area contributed by atoms with Crippen LogP contribution in [0.4, 0.5) is 0 Å². The predicted octanol–water partition coefficient (Wildman–Crippen LogP) is 7.27. The Morgan fingerprint density at radius 2 is 1.56 bits per heavy atom. The lowest BCUT2D eigenvalue weighted by Gasteiger charge is -2.58.